The van der Waals surface area contributed by atoms with E-state index in [4.69, 9.17) is 4.74 Å². The molecule has 0 bridgehead atoms. The van der Waals surface area contributed by atoms with Crippen LogP contribution in [0.3, 0.4) is 0 Å². The van der Waals surface area contributed by atoms with Crippen molar-refractivity contribution < 1.29 is 9.53 Å². The Kier molecular flexibility index (Phi) is 6.29. The first-order valence-electron chi connectivity index (χ1n) is 6.30. The molecule has 0 fully saturated rings. The number of thiazole rings is 1. The van der Waals surface area contributed by atoms with Gasteiger partial charge in [0.25, 0.3) is 5.91 Å². The Labute approximate surface area is 113 Å². The number of carbonyl (C=O) groups is 1. The first-order chi connectivity index (χ1) is 8.50. The van der Waals surface area contributed by atoms with Gasteiger partial charge in [-0.05, 0) is 26.2 Å². The lowest BCUT2D eigenvalue weighted by atomic mass is 10.2. The highest BCUT2D eigenvalue weighted by Crippen LogP contribution is 2.16. The fraction of sp³-hybridized carbons (Fsp3) is 0.692. The first kappa shape index (κ1) is 15.1. The SMILES string of the molecule is Cc1nc(C)c(C(=O)NCCCOCC(C)C)s1. The van der Waals surface area contributed by atoms with E-state index in [1.807, 2.05) is 13.8 Å². The van der Waals surface area contributed by atoms with Crippen molar-refractivity contribution in [3.63, 3.8) is 0 Å². The molecule has 0 aliphatic rings. The number of carbonyl (C=O) groups excluding carboxylic acids is 1. The van der Waals surface area contributed by atoms with E-state index in [1.165, 1.54) is 11.3 Å². The summed E-state index contributed by atoms with van der Waals surface area (Å²) in [5, 5.41) is 3.82. The molecule has 18 heavy (non-hydrogen) atoms. The molecule has 5 heteroatoms. The van der Waals surface area contributed by atoms with Gasteiger partial charge in [-0.1, -0.05) is 13.8 Å². The molecule has 0 aliphatic heterocycles. The minimum atomic E-state index is -0.0260. The number of nitrogens with zero attached hydrogens (tertiary/aromatic N) is 1. The molecule has 0 unspecified atom stereocenters. The minimum Gasteiger partial charge on any atom is -0.381 e. The van der Waals surface area contributed by atoms with Crippen molar-refractivity contribution in [2.75, 3.05) is 19.8 Å². The van der Waals surface area contributed by atoms with Gasteiger partial charge >= 0.3 is 0 Å². The summed E-state index contributed by atoms with van der Waals surface area (Å²) in [6.45, 7) is 10.1. The zero-order valence-corrected chi connectivity index (χ0v) is 12.4. The van der Waals surface area contributed by atoms with Gasteiger partial charge in [0, 0.05) is 19.8 Å². The molecule has 1 N–H and O–H groups in total. The predicted molar refractivity (Wildman–Crippen MR) is 74.2 cm³/mol. The van der Waals surface area contributed by atoms with Crippen LogP contribution in [0.15, 0.2) is 0 Å². The average molecular weight is 270 g/mol. The van der Waals surface area contributed by atoms with Gasteiger partial charge < -0.3 is 10.1 Å². The van der Waals surface area contributed by atoms with Crippen molar-refractivity contribution in [1.82, 2.24) is 10.3 Å². The zero-order chi connectivity index (χ0) is 13.5. The van der Waals surface area contributed by atoms with Crippen LogP contribution in [0, 0.1) is 19.8 Å². The highest BCUT2D eigenvalue weighted by Gasteiger charge is 2.12. The van der Waals surface area contributed by atoms with Crippen LogP contribution in [0.2, 0.25) is 0 Å². The van der Waals surface area contributed by atoms with Crippen molar-refractivity contribution in [2.24, 2.45) is 5.92 Å². The highest BCUT2D eigenvalue weighted by molar-refractivity contribution is 7.13. The first-order valence-corrected chi connectivity index (χ1v) is 7.12. The predicted octanol–water partition coefficient (Wildman–Crippen LogP) is 2.55. The summed E-state index contributed by atoms with van der Waals surface area (Å²) in [7, 11) is 0. The maximum atomic E-state index is 11.8. The molecule has 4 nitrogen and oxygen atoms in total. The monoisotopic (exact) mass is 270 g/mol. The van der Waals surface area contributed by atoms with Gasteiger partial charge in [-0.25, -0.2) is 4.98 Å². The highest BCUT2D eigenvalue weighted by atomic mass is 32.1. The molecule has 0 saturated carbocycles. The third kappa shape index (κ3) is 5.14. The summed E-state index contributed by atoms with van der Waals surface area (Å²) in [6.07, 6.45) is 0.843. The average Bonchev–Trinajstić information content (AvgIpc) is 2.62. The fourth-order valence-corrected chi connectivity index (χ4v) is 2.35. The van der Waals surface area contributed by atoms with Crippen molar-refractivity contribution in [1.29, 1.82) is 0 Å². The van der Waals surface area contributed by atoms with Crippen LogP contribution in [0.5, 0.6) is 0 Å². The van der Waals surface area contributed by atoms with E-state index in [-0.39, 0.29) is 5.91 Å². The van der Waals surface area contributed by atoms with Gasteiger partial charge in [-0.2, -0.15) is 0 Å². The van der Waals surface area contributed by atoms with Crippen LogP contribution in [-0.2, 0) is 4.74 Å². The Morgan fingerprint density at radius 1 is 1.44 bits per heavy atom. The number of nitrogens with one attached hydrogen (secondary N) is 1. The fourth-order valence-electron chi connectivity index (χ4n) is 1.52. The Hall–Kier alpha value is -0.940. The van der Waals surface area contributed by atoms with E-state index in [0.29, 0.717) is 19.1 Å². The van der Waals surface area contributed by atoms with Crippen molar-refractivity contribution in [3.05, 3.63) is 15.6 Å². The van der Waals surface area contributed by atoms with E-state index < -0.39 is 0 Å². The molecule has 1 amide bonds. The number of aryl methyl sites for hydroxylation is 2. The number of hydrogen-bond donors (Lipinski definition) is 1. The Balaban J connectivity index is 2.20. The van der Waals surface area contributed by atoms with Gasteiger partial charge in [-0.3, -0.25) is 4.79 Å². The smallest absolute Gasteiger partial charge is 0.263 e. The van der Waals surface area contributed by atoms with Crippen molar-refractivity contribution in [3.8, 4) is 0 Å². The standard InChI is InChI=1S/C13H22N2O2S/c1-9(2)8-17-7-5-6-14-13(16)12-10(3)15-11(4)18-12/h9H,5-8H2,1-4H3,(H,14,16). The second kappa shape index (κ2) is 7.48. The maximum absolute atomic E-state index is 11.8. The summed E-state index contributed by atoms with van der Waals surface area (Å²) in [6, 6.07) is 0. The molecule has 1 heterocycles. The Bertz CT molecular complexity index is 388. The van der Waals surface area contributed by atoms with Gasteiger partial charge in [-0.15, -0.1) is 11.3 Å². The molecule has 1 aromatic heterocycles. The van der Waals surface area contributed by atoms with Crippen molar-refractivity contribution >= 4 is 17.2 Å². The number of ether oxygens (including phenoxy) is 1. The van der Waals surface area contributed by atoms with Gasteiger partial charge in [0.1, 0.15) is 4.88 Å². The number of amides is 1. The van der Waals surface area contributed by atoms with Crippen LogP contribution in [0.4, 0.5) is 0 Å². The largest absolute Gasteiger partial charge is 0.381 e. The summed E-state index contributed by atoms with van der Waals surface area (Å²) in [5.41, 5.74) is 0.811. The topological polar surface area (TPSA) is 51.2 Å². The van der Waals surface area contributed by atoms with Gasteiger partial charge in [0.15, 0.2) is 0 Å². The summed E-state index contributed by atoms with van der Waals surface area (Å²) in [5.74, 6) is 0.532. The second-order valence-corrected chi connectivity index (χ2v) is 5.93. The quantitative estimate of drug-likeness (QED) is 0.775. The third-order valence-electron chi connectivity index (χ3n) is 2.31. The van der Waals surface area contributed by atoms with Crippen molar-refractivity contribution in [2.45, 2.75) is 34.1 Å². The van der Waals surface area contributed by atoms with Crippen LogP contribution < -0.4 is 5.32 Å². The molecule has 102 valence electrons. The Morgan fingerprint density at radius 2 is 2.17 bits per heavy atom. The third-order valence-corrected chi connectivity index (χ3v) is 3.38. The second-order valence-electron chi connectivity index (χ2n) is 4.73. The Morgan fingerprint density at radius 3 is 2.72 bits per heavy atom. The van der Waals surface area contributed by atoms with Crippen LogP contribution in [0.25, 0.3) is 0 Å². The molecule has 1 aromatic rings. The number of hydrogen-bond acceptors (Lipinski definition) is 4. The summed E-state index contributed by atoms with van der Waals surface area (Å²) in [4.78, 5) is 16.8. The van der Waals surface area contributed by atoms with E-state index in [1.54, 1.807) is 0 Å². The molecule has 0 spiro atoms. The van der Waals surface area contributed by atoms with Crippen LogP contribution in [-0.4, -0.2) is 30.6 Å². The van der Waals surface area contributed by atoms with E-state index in [9.17, 15) is 4.79 Å². The van der Waals surface area contributed by atoms with Gasteiger partial charge in [0.2, 0.25) is 0 Å². The molecule has 0 aliphatic carbocycles. The van der Waals surface area contributed by atoms with Crippen LogP contribution >= 0.6 is 11.3 Å². The lowest BCUT2D eigenvalue weighted by Crippen LogP contribution is -2.25. The van der Waals surface area contributed by atoms with Gasteiger partial charge in [0.05, 0.1) is 10.7 Å². The molecular weight excluding hydrogens is 248 g/mol. The number of aromatic nitrogens is 1. The van der Waals surface area contributed by atoms with E-state index >= 15 is 0 Å². The molecule has 0 atom stereocenters. The lowest BCUT2D eigenvalue weighted by molar-refractivity contribution is 0.0928. The maximum Gasteiger partial charge on any atom is 0.263 e. The lowest BCUT2D eigenvalue weighted by Gasteiger charge is -2.07. The van der Waals surface area contributed by atoms with Crippen LogP contribution in [0.1, 0.15) is 40.6 Å². The molecule has 0 aromatic carbocycles. The van der Waals surface area contributed by atoms with E-state index in [2.05, 4.69) is 24.1 Å². The molecule has 0 saturated heterocycles. The number of rotatable bonds is 7. The molecular formula is C13H22N2O2S. The molecule has 1 rings (SSSR count). The normalized spacial score (nSPS) is 10.9. The summed E-state index contributed by atoms with van der Waals surface area (Å²) >= 11 is 1.44. The zero-order valence-electron chi connectivity index (χ0n) is 11.6. The molecule has 0 radical (unpaired) electrons. The minimum absolute atomic E-state index is 0.0260. The van der Waals surface area contributed by atoms with E-state index in [0.717, 1.165) is 28.6 Å². The summed E-state index contributed by atoms with van der Waals surface area (Å²) < 4.78 is 5.45.